The molecule has 0 fully saturated rings. The van der Waals surface area contributed by atoms with Gasteiger partial charge in [-0.2, -0.15) is 0 Å². The van der Waals surface area contributed by atoms with Crippen molar-refractivity contribution in [3.63, 3.8) is 0 Å². The molecule has 0 saturated heterocycles. The fourth-order valence-electron chi connectivity index (χ4n) is 1.37. The van der Waals surface area contributed by atoms with Crippen LogP contribution in [0.3, 0.4) is 0 Å². The highest BCUT2D eigenvalue weighted by Crippen LogP contribution is 2.31. The van der Waals surface area contributed by atoms with E-state index >= 15 is 0 Å². The summed E-state index contributed by atoms with van der Waals surface area (Å²) in [4.78, 5) is 4.21. The third kappa shape index (κ3) is 3.63. The van der Waals surface area contributed by atoms with Gasteiger partial charge in [0, 0.05) is 13.7 Å². The van der Waals surface area contributed by atoms with Gasteiger partial charge in [-0.05, 0) is 62.8 Å². The van der Waals surface area contributed by atoms with Gasteiger partial charge in [-0.1, -0.05) is 23.2 Å². The van der Waals surface area contributed by atoms with Crippen LogP contribution in [0.2, 0.25) is 10.0 Å². The van der Waals surface area contributed by atoms with Crippen LogP contribution >= 0.6 is 61.7 Å². The number of benzene rings is 1. The van der Waals surface area contributed by atoms with Crippen LogP contribution in [0.5, 0.6) is 0 Å². The fraction of sp³-hybridized carbons (Fsp3) is 0. The zero-order valence-corrected chi connectivity index (χ0v) is 14.6. The minimum Gasteiger partial charge on any atom is -0.339 e. The minimum absolute atomic E-state index is 0.359. The molecule has 1 heterocycles. The van der Waals surface area contributed by atoms with Gasteiger partial charge in [0.1, 0.15) is 0 Å². The summed E-state index contributed by atoms with van der Waals surface area (Å²) in [5, 5.41) is 3.89. The highest BCUT2D eigenvalue weighted by molar-refractivity contribution is 14.1. The first-order valence-corrected chi connectivity index (χ1v) is 7.68. The van der Waals surface area contributed by atoms with E-state index in [1.165, 1.54) is 0 Å². The van der Waals surface area contributed by atoms with Crippen LogP contribution in [0, 0.1) is 3.57 Å². The molecule has 19 heavy (non-hydrogen) atoms. The van der Waals surface area contributed by atoms with E-state index in [-0.39, 0.29) is 0 Å². The molecular formula is C11H8BrCl2IN4. The van der Waals surface area contributed by atoms with Crippen LogP contribution in [-0.2, 0) is 0 Å². The summed E-state index contributed by atoms with van der Waals surface area (Å²) in [6.07, 6.45) is 0. The Kier molecular flexibility index (Phi) is 5.13. The van der Waals surface area contributed by atoms with Crippen LogP contribution in [0.4, 0.5) is 17.3 Å². The molecule has 0 unspecified atom stereocenters. The molecule has 2 rings (SSSR count). The van der Waals surface area contributed by atoms with E-state index in [1.54, 1.807) is 6.07 Å². The van der Waals surface area contributed by atoms with Crippen LogP contribution < -0.4 is 16.6 Å². The molecular weight excluding hydrogens is 466 g/mol. The fourth-order valence-corrected chi connectivity index (χ4v) is 2.54. The van der Waals surface area contributed by atoms with E-state index in [9.17, 15) is 0 Å². The van der Waals surface area contributed by atoms with Crippen molar-refractivity contribution >= 4 is 79.0 Å². The Hall–Kier alpha value is -0.280. The summed E-state index contributed by atoms with van der Waals surface area (Å²) < 4.78 is 2.10. The number of hydrogen-bond acceptors (Lipinski definition) is 4. The van der Waals surface area contributed by atoms with Gasteiger partial charge < -0.3 is 10.7 Å². The Morgan fingerprint density at radius 3 is 2.47 bits per heavy atom. The first-order valence-electron chi connectivity index (χ1n) is 5.06. The lowest BCUT2D eigenvalue weighted by Gasteiger charge is -2.11. The lowest BCUT2D eigenvalue weighted by atomic mass is 10.3. The van der Waals surface area contributed by atoms with Gasteiger partial charge in [0.15, 0.2) is 11.6 Å². The number of anilines is 3. The lowest BCUT2D eigenvalue weighted by molar-refractivity contribution is 1.22. The highest BCUT2D eigenvalue weighted by Gasteiger charge is 2.09. The van der Waals surface area contributed by atoms with E-state index < -0.39 is 0 Å². The first-order chi connectivity index (χ1) is 9.01. The van der Waals surface area contributed by atoms with Gasteiger partial charge in [-0.15, -0.1) is 0 Å². The number of pyridine rings is 1. The number of nitrogen functional groups attached to an aromatic ring is 1. The van der Waals surface area contributed by atoms with E-state index in [2.05, 4.69) is 54.2 Å². The summed E-state index contributed by atoms with van der Waals surface area (Å²) in [6.45, 7) is 0. The predicted molar refractivity (Wildman–Crippen MR) is 92.2 cm³/mol. The van der Waals surface area contributed by atoms with E-state index in [1.807, 2.05) is 18.2 Å². The third-order valence-corrected chi connectivity index (χ3v) is 5.16. The SMILES string of the molecule is NNc1nc(Nc2ccc(I)c(Br)c2)c(Cl)cc1Cl. The summed E-state index contributed by atoms with van der Waals surface area (Å²) in [6, 6.07) is 7.41. The summed E-state index contributed by atoms with van der Waals surface area (Å²) >= 11 is 17.7. The quantitative estimate of drug-likeness (QED) is 0.341. The topological polar surface area (TPSA) is 63.0 Å². The second-order valence-electron chi connectivity index (χ2n) is 3.55. The molecule has 0 radical (unpaired) electrons. The van der Waals surface area contributed by atoms with Gasteiger partial charge in [-0.3, -0.25) is 0 Å². The lowest BCUT2D eigenvalue weighted by Crippen LogP contribution is -2.10. The normalized spacial score (nSPS) is 10.4. The highest BCUT2D eigenvalue weighted by atomic mass is 127. The molecule has 100 valence electrons. The van der Waals surface area contributed by atoms with Crippen molar-refractivity contribution < 1.29 is 0 Å². The van der Waals surface area contributed by atoms with Gasteiger partial charge in [0.25, 0.3) is 0 Å². The zero-order chi connectivity index (χ0) is 14.0. The molecule has 1 aromatic heterocycles. The number of nitrogens with one attached hydrogen (secondary N) is 2. The number of nitrogens with zero attached hydrogens (tertiary/aromatic N) is 1. The molecule has 4 nitrogen and oxygen atoms in total. The maximum atomic E-state index is 6.09. The standard InChI is InChI=1S/C11H8BrCl2IN4/c12-6-3-5(1-2-9(6)15)17-10-7(13)4-8(14)11(18-10)19-16/h1-4H,16H2,(H2,17,18,19). The summed E-state index contributed by atoms with van der Waals surface area (Å²) in [7, 11) is 0. The van der Waals surface area contributed by atoms with Crippen LogP contribution in [-0.4, -0.2) is 4.98 Å². The number of nitrogens with two attached hydrogens (primary N) is 1. The van der Waals surface area contributed by atoms with Crippen molar-refractivity contribution in [1.29, 1.82) is 0 Å². The van der Waals surface area contributed by atoms with Crippen molar-refractivity contribution in [2.75, 3.05) is 10.7 Å². The number of hydrazine groups is 1. The zero-order valence-electron chi connectivity index (χ0n) is 9.35. The molecule has 0 aliphatic heterocycles. The third-order valence-electron chi connectivity index (χ3n) is 2.25. The smallest absolute Gasteiger partial charge is 0.161 e. The molecule has 0 spiro atoms. The second-order valence-corrected chi connectivity index (χ2v) is 6.38. The number of rotatable bonds is 3. The van der Waals surface area contributed by atoms with Crippen molar-refractivity contribution in [3.05, 3.63) is 42.4 Å². The summed E-state index contributed by atoms with van der Waals surface area (Å²) in [5.41, 5.74) is 3.27. The number of hydrogen-bond donors (Lipinski definition) is 3. The van der Waals surface area contributed by atoms with Crippen molar-refractivity contribution in [2.24, 2.45) is 5.84 Å². The van der Waals surface area contributed by atoms with Gasteiger partial charge >= 0.3 is 0 Å². The Balaban J connectivity index is 2.34. The first kappa shape index (κ1) is 15.1. The molecule has 0 amide bonds. The Morgan fingerprint density at radius 1 is 1.16 bits per heavy atom. The second kappa shape index (κ2) is 6.45. The Morgan fingerprint density at radius 2 is 1.84 bits per heavy atom. The average Bonchev–Trinajstić information content (AvgIpc) is 2.37. The van der Waals surface area contributed by atoms with Gasteiger partial charge in [0.05, 0.1) is 10.0 Å². The molecule has 2 aromatic rings. The molecule has 0 saturated carbocycles. The minimum atomic E-state index is 0.359. The molecule has 0 aliphatic rings. The molecule has 4 N–H and O–H groups in total. The molecule has 0 bridgehead atoms. The van der Waals surface area contributed by atoms with E-state index in [0.29, 0.717) is 21.7 Å². The van der Waals surface area contributed by atoms with E-state index in [4.69, 9.17) is 29.0 Å². The van der Waals surface area contributed by atoms with Crippen LogP contribution in [0.1, 0.15) is 0 Å². The van der Waals surface area contributed by atoms with Crippen molar-refractivity contribution in [3.8, 4) is 0 Å². The van der Waals surface area contributed by atoms with Gasteiger partial charge in [0.2, 0.25) is 0 Å². The molecule has 1 aromatic carbocycles. The maximum Gasteiger partial charge on any atom is 0.161 e. The summed E-state index contributed by atoms with van der Waals surface area (Å²) in [5.74, 6) is 6.17. The molecule has 0 atom stereocenters. The Bertz CT molecular complexity index is 624. The predicted octanol–water partition coefficient (Wildman–Crippen LogP) is 4.78. The molecule has 8 heteroatoms. The van der Waals surface area contributed by atoms with Crippen molar-refractivity contribution in [2.45, 2.75) is 0 Å². The largest absolute Gasteiger partial charge is 0.339 e. The number of halogens is 4. The average molecular weight is 474 g/mol. The van der Waals surface area contributed by atoms with E-state index in [0.717, 1.165) is 13.7 Å². The van der Waals surface area contributed by atoms with Gasteiger partial charge in [-0.25, -0.2) is 10.8 Å². The molecule has 0 aliphatic carbocycles. The maximum absolute atomic E-state index is 6.09. The number of aromatic nitrogens is 1. The Labute approximate surface area is 142 Å². The van der Waals surface area contributed by atoms with Crippen LogP contribution in [0.25, 0.3) is 0 Å². The monoisotopic (exact) mass is 472 g/mol. The van der Waals surface area contributed by atoms with Crippen molar-refractivity contribution in [1.82, 2.24) is 4.98 Å². The van der Waals surface area contributed by atoms with Crippen LogP contribution in [0.15, 0.2) is 28.7 Å².